The molecule has 0 aliphatic heterocycles. The van der Waals surface area contributed by atoms with Gasteiger partial charge in [0.1, 0.15) is 0 Å². The number of nitrogens with zero attached hydrogens (tertiary/aromatic N) is 1. The number of rotatable bonds is 0. The van der Waals surface area contributed by atoms with Crippen molar-refractivity contribution < 1.29 is 13.2 Å². The van der Waals surface area contributed by atoms with Crippen molar-refractivity contribution in [2.24, 2.45) is 0 Å². The highest BCUT2D eigenvalue weighted by atomic mass is 79.9. The van der Waals surface area contributed by atoms with Crippen molar-refractivity contribution in [3.63, 3.8) is 0 Å². The highest BCUT2D eigenvalue weighted by Crippen LogP contribution is 2.37. The standard InChI is InChI=1S/C8H4BrF3N2/c9-6-5(8(10,11)12)2-1-4-3-13-14-7(4)6/h1-3H,(H,13,14). The molecule has 0 aliphatic carbocycles. The highest BCUT2D eigenvalue weighted by molar-refractivity contribution is 9.10. The Kier molecular flexibility index (Phi) is 2.02. The lowest BCUT2D eigenvalue weighted by Gasteiger charge is -2.08. The maximum atomic E-state index is 12.4. The van der Waals surface area contributed by atoms with Crippen LogP contribution in [0.5, 0.6) is 0 Å². The fraction of sp³-hybridized carbons (Fsp3) is 0.125. The molecule has 0 aliphatic rings. The predicted octanol–water partition coefficient (Wildman–Crippen LogP) is 3.34. The van der Waals surface area contributed by atoms with Gasteiger partial charge in [-0.15, -0.1) is 0 Å². The molecule has 1 N–H and O–H groups in total. The number of hydrogen-bond donors (Lipinski definition) is 1. The summed E-state index contributed by atoms with van der Waals surface area (Å²) in [4.78, 5) is 0. The molecule has 1 heterocycles. The largest absolute Gasteiger partial charge is 0.417 e. The lowest BCUT2D eigenvalue weighted by Crippen LogP contribution is -2.05. The fourth-order valence-electron chi connectivity index (χ4n) is 1.20. The van der Waals surface area contributed by atoms with Gasteiger partial charge < -0.3 is 0 Å². The van der Waals surface area contributed by atoms with Crippen LogP contribution in [0, 0.1) is 0 Å². The van der Waals surface area contributed by atoms with Crippen LogP contribution in [0.15, 0.2) is 22.8 Å². The Morgan fingerprint density at radius 3 is 2.64 bits per heavy atom. The minimum absolute atomic E-state index is 0.000000000000000666. The molecule has 0 saturated heterocycles. The van der Waals surface area contributed by atoms with Gasteiger partial charge in [-0.2, -0.15) is 18.3 Å². The summed E-state index contributed by atoms with van der Waals surface area (Å²) in [5, 5.41) is 6.81. The number of benzene rings is 1. The average molecular weight is 265 g/mol. The van der Waals surface area contributed by atoms with Gasteiger partial charge in [0.05, 0.1) is 21.7 Å². The molecule has 0 saturated carbocycles. The van der Waals surface area contributed by atoms with Crippen LogP contribution in [0.4, 0.5) is 13.2 Å². The highest BCUT2D eigenvalue weighted by Gasteiger charge is 2.33. The van der Waals surface area contributed by atoms with E-state index in [0.717, 1.165) is 6.07 Å². The number of halogens is 4. The van der Waals surface area contributed by atoms with Crippen LogP contribution in [0.1, 0.15) is 5.56 Å². The van der Waals surface area contributed by atoms with Gasteiger partial charge in [-0.25, -0.2) is 0 Å². The second kappa shape index (κ2) is 2.98. The van der Waals surface area contributed by atoms with E-state index in [1.54, 1.807) is 0 Å². The van der Waals surface area contributed by atoms with Crippen LogP contribution >= 0.6 is 15.9 Å². The molecule has 1 aromatic heterocycles. The molecule has 2 aromatic rings. The van der Waals surface area contributed by atoms with E-state index in [0.29, 0.717) is 10.9 Å². The molecule has 2 nitrogen and oxygen atoms in total. The Bertz CT molecular complexity index is 475. The Morgan fingerprint density at radius 1 is 1.29 bits per heavy atom. The zero-order valence-electron chi connectivity index (χ0n) is 6.69. The minimum Gasteiger partial charge on any atom is -0.277 e. The molecule has 0 unspecified atom stereocenters. The summed E-state index contributed by atoms with van der Waals surface area (Å²) in [6.07, 6.45) is -2.88. The number of hydrogen-bond acceptors (Lipinski definition) is 1. The fourth-order valence-corrected chi connectivity index (χ4v) is 1.87. The van der Waals surface area contributed by atoms with Gasteiger partial charge in [0.25, 0.3) is 0 Å². The Morgan fingerprint density at radius 2 is 2.00 bits per heavy atom. The van der Waals surface area contributed by atoms with Gasteiger partial charge in [0, 0.05) is 5.39 Å². The third-order valence-electron chi connectivity index (χ3n) is 1.86. The van der Waals surface area contributed by atoms with E-state index >= 15 is 0 Å². The maximum Gasteiger partial charge on any atom is 0.417 e. The van der Waals surface area contributed by atoms with E-state index in [4.69, 9.17) is 0 Å². The van der Waals surface area contributed by atoms with Crippen molar-refractivity contribution >= 4 is 26.8 Å². The Balaban J connectivity index is 2.74. The molecule has 6 heteroatoms. The summed E-state index contributed by atoms with van der Waals surface area (Å²) in [6, 6.07) is 2.41. The van der Waals surface area contributed by atoms with Gasteiger partial charge in [-0.3, -0.25) is 5.10 Å². The molecule has 14 heavy (non-hydrogen) atoms. The van der Waals surface area contributed by atoms with Crippen molar-refractivity contribution in [1.29, 1.82) is 0 Å². The maximum absolute atomic E-state index is 12.4. The number of H-pyrrole nitrogens is 1. The van der Waals surface area contributed by atoms with Crippen LogP contribution in [-0.2, 0) is 6.18 Å². The van der Waals surface area contributed by atoms with Gasteiger partial charge in [0.2, 0.25) is 0 Å². The molecule has 1 aromatic carbocycles. The first-order valence-corrected chi connectivity index (χ1v) is 4.48. The van der Waals surface area contributed by atoms with Crippen molar-refractivity contribution in [2.75, 3.05) is 0 Å². The van der Waals surface area contributed by atoms with Crippen LogP contribution in [-0.4, -0.2) is 10.2 Å². The van der Waals surface area contributed by atoms with Gasteiger partial charge in [-0.05, 0) is 22.0 Å². The molecule has 74 valence electrons. The Labute approximate surface area is 85.2 Å². The van der Waals surface area contributed by atoms with Crippen molar-refractivity contribution in [2.45, 2.75) is 6.18 Å². The molecule has 0 bridgehead atoms. The van der Waals surface area contributed by atoms with Crippen LogP contribution in [0.25, 0.3) is 10.9 Å². The first-order chi connectivity index (χ1) is 6.50. The zero-order valence-corrected chi connectivity index (χ0v) is 8.28. The number of nitrogens with one attached hydrogen (secondary N) is 1. The summed E-state index contributed by atoms with van der Waals surface area (Å²) < 4.78 is 37.3. The first-order valence-electron chi connectivity index (χ1n) is 3.69. The van der Waals surface area contributed by atoms with Gasteiger partial charge in [0.15, 0.2) is 0 Å². The molecule has 0 amide bonds. The van der Waals surface area contributed by atoms with Crippen molar-refractivity contribution in [1.82, 2.24) is 10.2 Å². The zero-order chi connectivity index (χ0) is 10.3. The third kappa shape index (κ3) is 1.39. The summed E-state index contributed by atoms with van der Waals surface area (Å²) >= 11 is 2.91. The van der Waals surface area contributed by atoms with Crippen LogP contribution in [0.2, 0.25) is 0 Å². The van der Waals surface area contributed by atoms with Crippen molar-refractivity contribution in [3.05, 3.63) is 28.4 Å². The summed E-state index contributed by atoms with van der Waals surface area (Å²) in [6.45, 7) is 0. The smallest absolute Gasteiger partial charge is 0.277 e. The van der Waals surface area contributed by atoms with Crippen LogP contribution < -0.4 is 0 Å². The lowest BCUT2D eigenvalue weighted by atomic mass is 10.1. The SMILES string of the molecule is FC(F)(F)c1ccc2cn[nH]c2c1Br. The van der Waals surface area contributed by atoms with E-state index in [1.165, 1.54) is 12.3 Å². The van der Waals surface area contributed by atoms with E-state index in [9.17, 15) is 13.2 Å². The molecule has 0 spiro atoms. The van der Waals surface area contributed by atoms with Gasteiger partial charge >= 0.3 is 6.18 Å². The molecular formula is C8H4BrF3N2. The summed E-state index contributed by atoms with van der Waals surface area (Å²) in [7, 11) is 0. The normalized spacial score (nSPS) is 12.3. The van der Waals surface area contributed by atoms with E-state index < -0.39 is 11.7 Å². The molecule has 0 atom stereocenters. The third-order valence-corrected chi connectivity index (χ3v) is 2.68. The summed E-state index contributed by atoms with van der Waals surface area (Å²) in [5.74, 6) is 0. The second-order valence-electron chi connectivity index (χ2n) is 2.76. The van der Waals surface area contributed by atoms with E-state index in [1.807, 2.05) is 0 Å². The Hall–Kier alpha value is -1.04. The predicted molar refractivity (Wildman–Crippen MR) is 48.8 cm³/mol. The van der Waals surface area contributed by atoms with Crippen molar-refractivity contribution in [3.8, 4) is 0 Å². The number of aromatic amines is 1. The lowest BCUT2D eigenvalue weighted by molar-refractivity contribution is -0.138. The molecule has 2 rings (SSSR count). The van der Waals surface area contributed by atoms with E-state index in [-0.39, 0.29) is 4.47 Å². The molecule has 0 fully saturated rings. The van der Waals surface area contributed by atoms with E-state index in [2.05, 4.69) is 26.1 Å². The van der Waals surface area contributed by atoms with Gasteiger partial charge in [-0.1, -0.05) is 6.07 Å². The molecule has 0 radical (unpaired) electrons. The number of fused-ring (bicyclic) bond motifs is 1. The summed E-state index contributed by atoms with van der Waals surface area (Å²) in [5.41, 5.74) is -0.339. The topological polar surface area (TPSA) is 28.7 Å². The minimum atomic E-state index is -4.35. The average Bonchev–Trinajstić information content (AvgIpc) is 2.50. The molecular weight excluding hydrogens is 261 g/mol. The second-order valence-corrected chi connectivity index (χ2v) is 3.55. The number of alkyl halides is 3. The quantitative estimate of drug-likeness (QED) is 0.777. The monoisotopic (exact) mass is 264 g/mol. The van der Waals surface area contributed by atoms with Crippen LogP contribution in [0.3, 0.4) is 0 Å². The number of aromatic nitrogens is 2. The first kappa shape index (κ1) is 9.51.